The van der Waals surface area contributed by atoms with Crippen LogP contribution in [0.25, 0.3) is 0 Å². The van der Waals surface area contributed by atoms with Crippen molar-refractivity contribution >= 4 is 17.7 Å². The lowest BCUT2D eigenvalue weighted by atomic mass is 10.1. The molecule has 0 fully saturated rings. The first-order chi connectivity index (χ1) is 12.3. The largest absolute Gasteiger partial charge is 0.493 e. The summed E-state index contributed by atoms with van der Waals surface area (Å²) >= 11 is 1.33. The van der Waals surface area contributed by atoms with Gasteiger partial charge in [0.25, 0.3) is 0 Å². The van der Waals surface area contributed by atoms with Gasteiger partial charge in [0.15, 0.2) is 11.5 Å². The molecule has 142 valence electrons. The number of thioether (sulfide) groups is 1. The predicted octanol–water partition coefficient (Wildman–Crippen LogP) is 2.20. The molecule has 0 radical (unpaired) electrons. The third kappa shape index (κ3) is 4.87. The molecule has 0 N–H and O–H groups in total. The van der Waals surface area contributed by atoms with Crippen molar-refractivity contribution in [3.63, 3.8) is 0 Å². The summed E-state index contributed by atoms with van der Waals surface area (Å²) in [4.78, 5) is 14.1. The van der Waals surface area contributed by atoms with Crippen molar-refractivity contribution in [2.45, 2.75) is 38.0 Å². The highest BCUT2D eigenvalue weighted by Crippen LogP contribution is 2.28. The summed E-state index contributed by atoms with van der Waals surface area (Å²) in [6.07, 6.45) is 0. The summed E-state index contributed by atoms with van der Waals surface area (Å²) in [5.74, 6) is 1.56. The Morgan fingerprint density at radius 2 is 1.92 bits per heavy atom. The van der Waals surface area contributed by atoms with Crippen molar-refractivity contribution in [1.82, 2.24) is 25.1 Å². The highest BCUT2D eigenvalue weighted by atomic mass is 32.2. The molecule has 0 aliphatic carbocycles. The van der Waals surface area contributed by atoms with Crippen LogP contribution in [0.1, 0.15) is 26.3 Å². The van der Waals surface area contributed by atoms with Gasteiger partial charge in [-0.2, -0.15) is 0 Å². The van der Waals surface area contributed by atoms with E-state index in [-0.39, 0.29) is 17.2 Å². The Hall–Kier alpha value is -2.29. The van der Waals surface area contributed by atoms with Crippen LogP contribution in [0.5, 0.6) is 11.5 Å². The summed E-state index contributed by atoms with van der Waals surface area (Å²) in [5.41, 5.74) is 0.725. The average Bonchev–Trinajstić information content (AvgIpc) is 3.08. The number of hydrogen-bond acceptors (Lipinski definition) is 7. The monoisotopic (exact) mass is 379 g/mol. The first-order valence-electron chi connectivity index (χ1n) is 8.12. The van der Waals surface area contributed by atoms with E-state index in [1.54, 1.807) is 30.8 Å². The third-order valence-electron chi connectivity index (χ3n) is 3.69. The fraction of sp³-hybridized carbons (Fsp3) is 0.529. The molecule has 9 heteroatoms. The summed E-state index contributed by atoms with van der Waals surface area (Å²) in [6.45, 7) is 6.51. The van der Waals surface area contributed by atoms with Crippen molar-refractivity contribution in [3.8, 4) is 11.5 Å². The number of ether oxygens (including phenoxy) is 2. The maximum Gasteiger partial charge on any atom is 0.233 e. The summed E-state index contributed by atoms with van der Waals surface area (Å²) in [7, 11) is 4.95. The van der Waals surface area contributed by atoms with E-state index in [0.717, 1.165) is 5.56 Å². The van der Waals surface area contributed by atoms with Crippen molar-refractivity contribution < 1.29 is 14.3 Å². The molecule has 8 nitrogen and oxygen atoms in total. The highest BCUT2D eigenvalue weighted by molar-refractivity contribution is 7.99. The van der Waals surface area contributed by atoms with Crippen LogP contribution in [0.15, 0.2) is 23.4 Å². The maximum absolute atomic E-state index is 12.5. The summed E-state index contributed by atoms with van der Waals surface area (Å²) in [6, 6.07) is 5.62. The van der Waals surface area contributed by atoms with Gasteiger partial charge in [-0.25, -0.2) is 4.68 Å². The van der Waals surface area contributed by atoms with Gasteiger partial charge in [0.2, 0.25) is 11.1 Å². The molecule has 0 saturated heterocycles. The Bertz CT molecular complexity index is 757. The molecule has 0 unspecified atom stereocenters. The zero-order chi connectivity index (χ0) is 19.3. The Morgan fingerprint density at radius 3 is 2.54 bits per heavy atom. The van der Waals surface area contributed by atoms with Gasteiger partial charge >= 0.3 is 0 Å². The SMILES string of the molecule is COc1ccc(CN(C)C(=O)CSc2nnnn2C(C)(C)C)cc1OC. The number of carbonyl (C=O) groups is 1. The molecule has 0 aliphatic heterocycles. The number of rotatable bonds is 7. The Kier molecular flexibility index (Phi) is 6.47. The van der Waals surface area contributed by atoms with Crippen LogP contribution in [0.4, 0.5) is 0 Å². The number of hydrogen-bond donors (Lipinski definition) is 0. The van der Waals surface area contributed by atoms with E-state index < -0.39 is 0 Å². The zero-order valence-corrected chi connectivity index (χ0v) is 16.8. The van der Waals surface area contributed by atoms with Gasteiger partial charge in [0.1, 0.15) is 0 Å². The molecule has 1 amide bonds. The zero-order valence-electron chi connectivity index (χ0n) is 16.0. The van der Waals surface area contributed by atoms with E-state index in [1.807, 2.05) is 39.0 Å². The van der Waals surface area contributed by atoms with Crippen LogP contribution in [0.2, 0.25) is 0 Å². The van der Waals surface area contributed by atoms with E-state index in [9.17, 15) is 4.79 Å². The number of tetrazole rings is 1. The van der Waals surface area contributed by atoms with Crippen LogP contribution in [-0.2, 0) is 16.9 Å². The number of carbonyl (C=O) groups excluding carboxylic acids is 1. The first kappa shape index (κ1) is 20.0. The van der Waals surface area contributed by atoms with Gasteiger partial charge in [-0.15, -0.1) is 5.10 Å². The molecule has 0 saturated carbocycles. The minimum absolute atomic E-state index is 0.00626. The van der Waals surface area contributed by atoms with Gasteiger partial charge in [0.05, 0.1) is 25.5 Å². The minimum atomic E-state index is -0.236. The fourth-order valence-corrected chi connectivity index (χ4v) is 3.27. The quantitative estimate of drug-likeness (QED) is 0.682. The minimum Gasteiger partial charge on any atom is -0.493 e. The Balaban J connectivity index is 1.97. The molecule has 0 spiro atoms. The summed E-state index contributed by atoms with van der Waals surface area (Å²) in [5, 5.41) is 12.3. The third-order valence-corrected chi connectivity index (χ3v) is 4.60. The second-order valence-corrected chi connectivity index (χ2v) is 7.71. The molecule has 0 atom stereocenters. The van der Waals surface area contributed by atoms with Crippen LogP contribution in [-0.4, -0.2) is 58.0 Å². The molecule has 1 aromatic carbocycles. The smallest absolute Gasteiger partial charge is 0.233 e. The number of methoxy groups -OCH3 is 2. The number of nitrogens with zero attached hydrogens (tertiary/aromatic N) is 5. The second kappa shape index (κ2) is 8.39. The van der Waals surface area contributed by atoms with Crippen molar-refractivity contribution in [1.29, 1.82) is 0 Å². The lowest BCUT2D eigenvalue weighted by Gasteiger charge is -2.20. The van der Waals surface area contributed by atoms with Crippen LogP contribution in [0.3, 0.4) is 0 Å². The molecular weight excluding hydrogens is 354 g/mol. The van der Waals surface area contributed by atoms with Crippen molar-refractivity contribution in [2.75, 3.05) is 27.0 Å². The van der Waals surface area contributed by atoms with Crippen LogP contribution >= 0.6 is 11.8 Å². The van der Waals surface area contributed by atoms with Gasteiger partial charge in [-0.05, 0) is 48.9 Å². The fourth-order valence-electron chi connectivity index (χ4n) is 2.27. The highest BCUT2D eigenvalue weighted by Gasteiger charge is 2.21. The Morgan fingerprint density at radius 1 is 1.23 bits per heavy atom. The van der Waals surface area contributed by atoms with Gasteiger partial charge in [0, 0.05) is 13.6 Å². The standard InChI is InChI=1S/C17H25N5O3S/c1-17(2,3)22-16(18-19-20-22)26-11-15(23)21(4)10-12-7-8-13(24-5)14(9-12)25-6/h7-9H,10-11H2,1-6H3. The molecule has 1 aromatic heterocycles. The second-order valence-electron chi connectivity index (χ2n) is 6.77. The van der Waals surface area contributed by atoms with Gasteiger partial charge < -0.3 is 14.4 Å². The van der Waals surface area contributed by atoms with Gasteiger partial charge in [-0.3, -0.25) is 4.79 Å². The molecular formula is C17H25N5O3S. The van der Waals surface area contributed by atoms with E-state index >= 15 is 0 Å². The topological polar surface area (TPSA) is 82.4 Å². The van der Waals surface area contributed by atoms with E-state index in [1.165, 1.54) is 11.8 Å². The van der Waals surface area contributed by atoms with E-state index in [4.69, 9.17) is 9.47 Å². The summed E-state index contributed by atoms with van der Waals surface area (Å²) < 4.78 is 12.3. The molecule has 0 aliphatic rings. The van der Waals surface area contributed by atoms with Crippen LogP contribution < -0.4 is 9.47 Å². The Labute approximate surface area is 157 Å². The van der Waals surface area contributed by atoms with Gasteiger partial charge in [-0.1, -0.05) is 17.8 Å². The number of benzene rings is 1. The molecule has 2 rings (SSSR count). The lowest BCUT2D eigenvalue weighted by Crippen LogP contribution is -2.28. The van der Waals surface area contributed by atoms with Crippen LogP contribution in [0, 0.1) is 0 Å². The normalized spacial score (nSPS) is 11.3. The molecule has 1 heterocycles. The molecule has 2 aromatic rings. The number of amides is 1. The lowest BCUT2D eigenvalue weighted by molar-refractivity contribution is -0.127. The first-order valence-corrected chi connectivity index (χ1v) is 9.11. The predicted molar refractivity (Wildman–Crippen MR) is 99.6 cm³/mol. The van der Waals surface area contributed by atoms with E-state index in [0.29, 0.717) is 23.2 Å². The van der Waals surface area contributed by atoms with Crippen molar-refractivity contribution in [2.24, 2.45) is 0 Å². The van der Waals surface area contributed by atoms with E-state index in [2.05, 4.69) is 15.5 Å². The average molecular weight is 379 g/mol. The maximum atomic E-state index is 12.5. The molecule has 0 bridgehead atoms. The number of aromatic nitrogens is 4. The van der Waals surface area contributed by atoms with Crippen molar-refractivity contribution in [3.05, 3.63) is 23.8 Å². The molecule has 26 heavy (non-hydrogen) atoms.